The van der Waals surface area contributed by atoms with Crippen molar-refractivity contribution in [2.75, 3.05) is 43.2 Å². The number of alkyl halides is 2. The average molecular weight is 525 g/mol. The zero-order valence-corrected chi connectivity index (χ0v) is 21.3. The lowest BCUT2D eigenvalue weighted by Gasteiger charge is -2.44. The number of carbonyl (C=O) groups is 1. The average Bonchev–Trinajstić information content (AvgIpc) is 2.92. The number of amides is 1. The molecule has 2 aliphatic rings. The van der Waals surface area contributed by atoms with Gasteiger partial charge in [0.25, 0.3) is 11.8 Å². The summed E-state index contributed by atoms with van der Waals surface area (Å²) >= 11 is 0. The first-order valence-corrected chi connectivity index (χ1v) is 12.6. The summed E-state index contributed by atoms with van der Waals surface area (Å²) in [6, 6.07) is 10.3. The topological polar surface area (TPSA) is 96.8 Å². The molecule has 2 N–H and O–H groups in total. The molecule has 0 aliphatic carbocycles. The molecule has 0 unspecified atom stereocenters. The number of hydrogen-bond donors (Lipinski definition) is 2. The van der Waals surface area contributed by atoms with Crippen LogP contribution in [0.3, 0.4) is 0 Å². The minimum atomic E-state index is -3.14. The van der Waals surface area contributed by atoms with E-state index >= 15 is 0 Å². The van der Waals surface area contributed by atoms with Gasteiger partial charge in [0.1, 0.15) is 11.8 Å². The predicted molar refractivity (Wildman–Crippen MR) is 139 cm³/mol. The molecule has 38 heavy (non-hydrogen) atoms. The van der Waals surface area contributed by atoms with E-state index in [1.165, 1.54) is 12.3 Å². The molecule has 2 atom stereocenters. The number of benzene rings is 1. The Morgan fingerprint density at radius 3 is 2.89 bits per heavy atom. The lowest BCUT2D eigenvalue weighted by molar-refractivity contribution is -0.00235. The monoisotopic (exact) mass is 524 g/mol. The number of aromatic nitrogens is 2. The number of carbonyl (C=O) groups excluding carboxylic acids is 1. The Hall–Kier alpha value is -3.47. The van der Waals surface area contributed by atoms with Gasteiger partial charge < -0.3 is 24.8 Å². The van der Waals surface area contributed by atoms with Crippen molar-refractivity contribution >= 4 is 17.3 Å². The van der Waals surface area contributed by atoms with Crippen molar-refractivity contribution in [2.45, 2.75) is 38.3 Å². The third kappa shape index (κ3) is 5.38. The van der Waals surface area contributed by atoms with E-state index in [4.69, 9.17) is 14.5 Å². The number of ether oxygens (including phenoxy) is 2. The summed E-state index contributed by atoms with van der Waals surface area (Å²) < 4.78 is 39.0. The standard InChI is InChI=1S/C28H30F2N4O4/c1-17-3-4-20(33-27(36)18-5-6-31-25(12-18)28(2,29)30)13-22(17)19-11-23-26(32-15-19)24(38-10-8-35)14-21-16-37-9-7-34(21)23/h3-6,11-13,15,21,24,35H,7-10,14,16H2,1-2H3,(H,33,36)/t21-,24-/m1/s1. The van der Waals surface area contributed by atoms with Crippen LogP contribution in [0.5, 0.6) is 0 Å². The fraction of sp³-hybridized carbons (Fsp3) is 0.393. The van der Waals surface area contributed by atoms with Crippen molar-refractivity contribution in [1.29, 1.82) is 0 Å². The van der Waals surface area contributed by atoms with Gasteiger partial charge in [0, 0.05) is 49.1 Å². The molecule has 3 aromatic rings. The van der Waals surface area contributed by atoms with Gasteiger partial charge in [-0.25, -0.2) is 0 Å². The van der Waals surface area contributed by atoms with Crippen LogP contribution in [-0.2, 0) is 15.4 Å². The molecule has 0 bridgehead atoms. The second-order valence-corrected chi connectivity index (χ2v) is 9.67. The van der Waals surface area contributed by atoms with Crippen LogP contribution < -0.4 is 10.2 Å². The number of hydrogen-bond acceptors (Lipinski definition) is 7. The predicted octanol–water partition coefficient (Wildman–Crippen LogP) is 4.47. The Morgan fingerprint density at radius 1 is 1.26 bits per heavy atom. The Morgan fingerprint density at radius 2 is 2.11 bits per heavy atom. The van der Waals surface area contributed by atoms with Crippen molar-refractivity contribution in [3.8, 4) is 11.1 Å². The number of aliphatic hydroxyl groups excluding tert-OH is 1. The van der Waals surface area contributed by atoms with Gasteiger partial charge in [-0.2, -0.15) is 8.78 Å². The van der Waals surface area contributed by atoms with Crippen LogP contribution in [0.25, 0.3) is 11.1 Å². The number of aryl methyl sites for hydroxylation is 1. The van der Waals surface area contributed by atoms with Gasteiger partial charge in [-0.3, -0.25) is 14.8 Å². The third-order valence-electron chi connectivity index (χ3n) is 6.91. The van der Waals surface area contributed by atoms with Crippen LogP contribution in [0.15, 0.2) is 48.8 Å². The molecular weight excluding hydrogens is 494 g/mol. The van der Waals surface area contributed by atoms with Gasteiger partial charge in [0.05, 0.1) is 43.9 Å². The summed E-state index contributed by atoms with van der Waals surface area (Å²) in [5.74, 6) is -3.65. The molecule has 4 heterocycles. The number of nitrogens with zero attached hydrogens (tertiary/aromatic N) is 3. The number of nitrogens with one attached hydrogen (secondary N) is 1. The van der Waals surface area contributed by atoms with E-state index < -0.39 is 17.5 Å². The first-order chi connectivity index (χ1) is 18.2. The Balaban J connectivity index is 1.44. The summed E-state index contributed by atoms with van der Waals surface area (Å²) in [6.07, 6.45) is 3.50. The molecule has 0 spiro atoms. The minimum Gasteiger partial charge on any atom is -0.394 e. The van der Waals surface area contributed by atoms with Gasteiger partial charge in [-0.1, -0.05) is 6.07 Å². The first-order valence-electron chi connectivity index (χ1n) is 12.6. The fourth-order valence-electron chi connectivity index (χ4n) is 4.98. The number of morpholine rings is 1. The van der Waals surface area contributed by atoms with Crippen molar-refractivity contribution < 1.29 is 28.2 Å². The largest absolute Gasteiger partial charge is 0.394 e. The van der Waals surface area contributed by atoms with E-state index in [1.54, 1.807) is 12.3 Å². The van der Waals surface area contributed by atoms with Crippen LogP contribution in [-0.4, -0.2) is 60.0 Å². The Bertz CT molecular complexity index is 1330. The highest BCUT2D eigenvalue weighted by Crippen LogP contribution is 2.41. The van der Waals surface area contributed by atoms with Crippen molar-refractivity contribution in [1.82, 2.24) is 9.97 Å². The normalized spacial score (nSPS) is 19.0. The molecule has 1 fully saturated rings. The maximum Gasteiger partial charge on any atom is 0.286 e. The van der Waals surface area contributed by atoms with Crippen molar-refractivity contribution in [3.63, 3.8) is 0 Å². The van der Waals surface area contributed by atoms with Gasteiger partial charge >= 0.3 is 0 Å². The highest BCUT2D eigenvalue weighted by molar-refractivity contribution is 6.04. The summed E-state index contributed by atoms with van der Waals surface area (Å²) in [6.45, 7) is 4.87. The van der Waals surface area contributed by atoms with Gasteiger partial charge in [-0.15, -0.1) is 0 Å². The van der Waals surface area contributed by atoms with Crippen LogP contribution in [0.1, 0.15) is 46.8 Å². The molecule has 1 aromatic carbocycles. The Labute approximate surface area is 219 Å². The van der Waals surface area contributed by atoms with Crippen molar-refractivity contribution in [3.05, 3.63) is 71.3 Å². The molecule has 1 amide bonds. The number of aliphatic hydroxyl groups is 1. The maximum absolute atomic E-state index is 13.7. The SMILES string of the molecule is Cc1ccc(NC(=O)c2ccnc(C(C)(F)F)c2)cc1-c1cnc2c(c1)N1CCOC[C@H]1C[C@H]2OCCO. The molecule has 2 aliphatic heterocycles. The number of pyridine rings is 2. The summed E-state index contributed by atoms with van der Waals surface area (Å²) in [5.41, 5.74) is 4.73. The summed E-state index contributed by atoms with van der Waals surface area (Å²) in [5, 5.41) is 12.1. The summed E-state index contributed by atoms with van der Waals surface area (Å²) in [7, 11) is 0. The summed E-state index contributed by atoms with van der Waals surface area (Å²) in [4.78, 5) is 23.6. The molecule has 200 valence electrons. The van der Waals surface area contributed by atoms with E-state index in [0.717, 1.165) is 54.0 Å². The molecule has 2 aromatic heterocycles. The number of rotatable bonds is 7. The van der Waals surface area contributed by atoms with E-state index in [9.17, 15) is 18.7 Å². The first kappa shape index (κ1) is 26.1. The van der Waals surface area contributed by atoms with E-state index in [-0.39, 0.29) is 30.9 Å². The zero-order valence-electron chi connectivity index (χ0n) is 21.3. The van der Waals surface area contributed by atoms with E-state index in [1.807, 2.05) is 19.1 Å². The van der Waals surface area contributed by atoms with Gasteiger partial charge in [-0.05, 0) is 48.4 Å². The van der Waals surface area contributed by atoms with Gasteiger partial charge in [0.15, 0.2) is 0 Å². The second kappa shape index (κ2) is 10.7. The zero-order chi connectivity index (χ0) is 26.9. The van der Waals surface area contributed by atoms with Crippen LogP contribution in [0, 0.1) is 6.92 Å². The van der Waals surface area contributed by atoms with Crippen molar-refractivity contribution in [2.24, 2.45) is 0 Å². The maximum atomic E-state index is 13.7. The highest BCUT2D eigenvalue weighted by Gasteiger charge is 2.36. The lowest BCUT2D eigenvalue weighted by atomic mass is 9.93. The molecule has 10 heteroatoms. The molecule has 0 radical (unpaired) electrons. The van der Waals surface area contributed by atoms with Crippen LogP contribution in [0.4, 0.5) is 20.2 Å². The molecule has 1 saturated heterocycles. The molecule has 0 saturated carbocycles. The minimum absolute atomic E-state index is 0.0613. The van der Waals surface area contributed by atoms with Gasteiger partial charge in [0.2, 0.25) is 0 Å². The molecular formula is C28H30F2N4O4. The quantitative estimate of drug-likeness (QED) is 0.471. The fourth-order valence-corrected chi connectivity index (χ4v) is 4.98. The second-order valence-electron chi connectivity index (χ2n) is 9.67. The third-order valence-corrected chi connectivity index (χ3v) is 6.91. The smallest absolute Gasteiger partial charge is 0.286 e. The lowest BCUT2D eigenvalue weighted by Crippen LogP contribution is -2.49. The molecule has 5 rings (SSSR count). The van der Waals surface area contributed by atoms with E-state index in [2.05, 4.69) is 21.3 Å². The number of fused-ring (bicyclic) bond motifs is 3. The number of anilines is 2. The Kier molecular flexibility index (Phi) is 7.38. The number of halogens is 2. The highest BCUT2D eigenvalue weighted by atomic mass is 19.3. The van der Waals surface area contributed by atoms with Crippen LogP contribution >= 0.6 is 0 Å². The van der Waals surface area contributed by atoms with E-state index in [0.29, 0.717) is 18.9 Å². The molecule has 8 nitrogen and oxygen atoms in total. The van der Waals surface area contributed by atoms with Crippen LogP contribution in [0.2, 0.25) is 0 Å².